The van der Waals surface area contributed by atoms with E-state index in [1.807, 2.05) is 0 Å². The van der Waals surface area contributed by atoms with E-state index in [-0.39, 0.29) is 17.7 Å². The Bertz CT molecular complexity index is 608. The molecule has 3 rings (SSSR count). The third-order valence-electron chi connectivity index (χ3n) is 4.41. The van der Waals surface area contributed by atoms with Crippen LogP contribution in [0, 0.1) is 12.7 Å². The molecule has 0 aromatic heterocycles. The highest BCUT2D eigenvalue weighted by Crippen LogP contribution is 2.34. The van der Waals surface area contributed by atoms with Crippen LogP contribution in [0.25, 0.3) is 0 Å². The Kier molecular flexibility index (Phi) is 3.76. The molecule has 5 nitrogen and oxygen atoms in total. The molecular weight excluding hydrogens is 287 g/mol. The minimum absolute atomic E-state index is 0.106. The van der Waals surface area contributed by atoms with E-state index in [0.717, 1.165) is 24.2 Å². The van der Waals surface area contributed by atoms with Gasteiger partial charge in [0.1, 0.15) is 6.04 Å². The largest absolute Gasteiger partial charge is 0.494 e. The zero-order valence-electron chi connectivity index (χ0n) is 12.8. The third-order valence-corrected chi connectivity index (χ3v) is 4.41. The van der Waals surface area contributed by atoms with Crippen molar-refractivity contribution < 1.29 is 18.7 Å². The summed E-state index contributed by atoms with van der Waals surface area (Å²) < 4.78 is 18.9. The first-order chi connectivity index (χ1) is 10.5. The molecule has 2 aliphatic rings. The van der Waals surface area contributed by atoms with Crippen LogP contribution in [0.3, 0.4) is 0 Å². The molecule has 1 aromatic carbocycles. The molecule has 2 aliphatic heterocycles. The standard InChI is InChI=1S/C16H19FN2O3/c1-10-8-14(22-2)11(17)9-13(10)19-15(20)12-6-4-3-5-7-18(12)16(19)21/h8-9,12H,3-7H2,1-2H3. The molecular formula is C16H19FN2O3. The van der Waals surface area contributed by atoms with E-state index in [1.54, 1.807) is 11.8 Å². The van der Waals surface area contributed by atoms with Crippen LogP contribution in [0.15, 0.2) is 12.1 Å². The number of aryl methyl sites for hydroxylation is 1. The van der Waals surface area contributed by atoms with Crippen LogP contribution in [0.2, 0.25) is 0 Å². The quantitative estimate of drug-likeness (QED) is 0.789. The molecule has 118 valence electrons. The number of carbonyl (C=O) groups excluding carboxylic acids is 2. The van der Waals surface area contributed by atoms with Crippen molar-refractivity contribution in [2.45, 2.75) is 38.6 Å². The molecule has 1 unspecified atom stereocenters. The highest BCUT2D eigenvalue weighted by molar-refractivity contribution is 6.21. The molecule has 2 fully saturated rings. The van der Waals surface area contributed by atoms with E-state index in [0.29, 0.717) is 24.2 Å². The molecule has 6 heteroatoms. The number of halogens is 1. The molecule has 3 amide bonds. The van der Waals surface area contributed by atoms with Crippen LogP contribution in [-0.4, -0.2) is 36.5 Å². The predicted molar refractivity (Wildman–Crippen MR) is 79.5 cm³/mol. The van der Waals surface area contributed by atoms with E-state index in [2.05, 4.69) is 0 Å². The summed E-state index contributed by atoms with van der Waals surface area (Å²) in [4.78, 5) is 28.0. The van der Waals surface area contributed by atoms with Gasteiger partial charge in [-0.15, -0.1) is 0 Å². The Morgan fingerprint density at radius 1 is 1.23 bits per heavy atom. The third kappa shape index (κ3) is 2.23. The fourth-order valence-corrected chi connectivity index (χ4v) is 3.23. The lowest BCUT2D eigenvalue weighted by molar-refractivity contribution is -0.119. The molecule has 22 heavy (non-hydrogen) atoms. The second kappa shape index (κ2) is 5.59. The molecule has 1 atom stereocenters. The van der Waals surface area contributed by atoms with Gasteiger partial charge in [-0.25, -0.2) is 14.1 Å². The molecule has 0 saturated carbocycles. The van der Waals surface area contributed by atoms with Gasteiger partial charge in [-0.3, -0.25) is 4.79 Å². The number of amides is 3. The summed E-state index contributed by atoms with van der Waals surface area (Å²) in [6, 6.07) is 1.97. The van der Waals surface area contributed by atoms with Crippen molar-refractivity contribution in [2.75, 3.05) is 18.6 Å². The van der Waals surface area contributed by atoms with Gasteiger partial charge in [-0.05, 0) is 31.4 Å². The van der Waals surface area contributed by atoms with Crippen LogP contribution in [0.4, 0.5) is 14.9 Å². The average Bonchev–Trinajstić information content (AvgIpc) is 2.69. The number of fused-ring (bicyclic) bond motifs is 1. The van der Waals surface area contributed by atoms with Crippen molar-refractivity contribution in [1.29, 1.82) is 0 Å². The SMILES string of the molecule is COc1cc(C)c(N2C(=O)C3CCCCCN3C2=O)cc1F. The summed E-state index contributed by atoms with van der Waals surface area (Å²) in [7, 11) is 1.38. The van der Waals surface area contributed by atoms with Crippen molar-refractivity contribution in [3.8, 4) is 5.75 Å². The Labute approximate surface area is 128 Å². The number of hydrogen-bond acceptors (Lipinski definition) is 3. The van der Waals surface area contributed by atoms with Crippen LogP contribution in [0.5, 0.6) is 5.75 Å². The molecule has 0 spiro atoms. The smallest absolute Gasteiger partial charge is 0.332 e. The van der Waals surface area contributed by atoms with Crippen molar-refractivity contribution >= 4 is 17.6 Å². The van der Waals surface area contributed by atoms with Gasteiger partial charge in [0.05, 0.1) is 12.8 Å². The maximum absolute atomic E-state index is 14.0. The topological polar surface area (TPSA) is 49.9 Å². The number of hydrogen-bond donors (Lipinski definition) is 0. The van der Waals surface area contributed by atoms with Crippen molar-refractivity contribution in [2.24, 2.45) is 0 Å². The van der Waals surface area contributed by atoms with Gasteiger partial charge in [0.2, 0.25) is 0 Å². The first-order valence-electron chi connectivity index (χ1n) is 7.53. The molecule has 1 aromatic rings. The second-order valence-electron chi connectivity index (χ2n) is 5.79. The van der Waals surface area contributed by atoms with Crippen molar-refractivity contribution in [1.82, 2.24) is 4.90 Å². The van der Waals surface area contributed by atoms with Crippen molar-refractivity contribution in [3.63, 3.8) is 0 Å². The average molecular weight is 306 g/mol. The predicted octanol–water partition coefficient (Wildman–Crippen LogP) is 2.85. The number of benzene rings is 1. The summed E-state index contributed by atoms with van der Waals surface area (Å²) in [6.07, 6.45) is 3.55. The number of imide groups is 1. The van der Waals surface area contributed by atoms with Gasteiger partial charge < -0.3 is 9.64 Å². The van der Waals surface area contributed by atoms with Crippen LogP contribution >= 0.6 is 0 Å². The summed E-state index contributed by atoms with van der Waals surface area (Å²) in [5, 5.41) is 0. The van der Waals surface area contributed by atoms with Crippen LogP contribution in [-0.2, 0) is 4.79 Å². The Morgan fingerprint density at radius 3 is 2.73 bits per heavy atom. The lowest BCUT2D eigenvalue weighted by Crippen LogP contribution is -2.34. The Balaban J connectivity index is 2.00. The highest BCUT2D eigenvalue weighted by Gasteiger charge is 2.46. The summed E-state index contributed by atoms with van der Waals surface area (Å²) in [5.74, 6) is -0.722. The van der Waals surface area contributed by atoms with Crippen LogP contribution in [0.1, 0.15) is 31.2 Å². The maximum Gasteiger partial charge on any atom is 0.332 e. The number of nitrogens with zero attached hydrogens (tertiary/aromatic N) is 2. The van der Waals surface area contributed by atoms with Gasteiger partial charge in [-0.1, -0.05) is 12.8 Å². The van der Waals surface area contributed by atoms with Gasteiger partial charge in [-0.2, -0.15) is 0 Å². The first-order valence-corrected chi connectivity index (χ1v) is 7.53. The molecule has 0 radical (unpaired) electrons. The summed E-state index contributed by atoms with van der Waals surface area (Å²) in [6.45, 7) is 2.32. The Morgan fingerprint density at radius 2 is 2.00 bits per heavy atom. The highest BCUT2D eigenvalue weighted by atomic mass is 19.1. The Hall–Kier alpha value is -2.11. The van der Waals surface area contributed by atoms with Gasteiger partial charge in [0.25, 0.3) is 5.91 Å². The van der Waals surface area contributed by atoms with Gasteiger partial charge in [0.15, 0.2) is 11.6 Å². The maximum atomic E-state index is 14.0. The normalized spacial score (nSPS) is 21.9. The van der Waals surface area contributed by atoms with Gasteiger partial charge in [0, 0.05) is 12.6 Å². The van der Waals surface area contributed by atoms with E-state index in [4.69, 9.17) is 4.74 Å². The number of ether oxygens (including phenoxy) is 1. The molecule has 0 aliphatic carbocycles. The van der Waals surface area contributed by atoms with Crippen molar-refractivity contribution in [3.05, 3.63) is 23.5 Å². The zero-order valence-corrected chi connectivity index (χ0v) is 12.8. The number of anilines is 1. The van der Waals surface area contributed by atoms with Gasteiger partial charge >= 0.3 is 6.03 Å². The number of urea groups is 1. The second-order valence-corrected chi connectivity index (χ2v) is 5.79. The minimum Gasteiger partial charge on any atom is -0.494 e. The fourth-order valence-electron chi connectivity index (χ4n) is 3.23. The number of carbonyl (C=O) groups is 2. The molecule has 0 N–H and O–H groups in total. The lowest BCUT2D eigenvalue weighted by Gasteiger charge is -2.19. The lowest BCUT2D eigenvalue weighted by atomic mass is 10.1. The summed E-state index contributed by atoms with van der Waals surface area (Å²) in [5.41, 5.74) is 0.944. The fraction of sp³-hybridized carbons (Fsp3) is 0.500. The van der Waals surface area contributed by atoms with E-state index in [1.165, 1.54) is 19.2 Å². The van der Waals surface area contributed by atoms with E-state index >= 15 is 0 Å². The van der Waals surface area contributed by atoms with Crippen LogP contribution < -0.4 is 9.64 Å². The first kappa shape index (κ1) is 14.8. The van der Waals surface area contributed by atoms with E-state index in [9.17, 15) is 14.0 Å². The molecule has 2 heterocycles. The minimum atomic E-state index is -0.578. The summed E-state index contributed by atoms with van der Waals surface area (Å²) >= 11 is 0. The number of rotatable bonds is 2. The molecule has 2 saturated heterocycles. The number of methoxy groups -OCH3 is 1. The van der Waals surface area contributed by atoms with E-state index < -0.39 is 11.9 Å². The molecule has 0 bridgehead atoms. The monoisotopic (exact) mass is 306 g/mol. The zero-order chi connectivity index (χ0) is 15.9.